The highest BCUT2D eigenvalue weighted by Gasteiger charge is 2.38. The number of nitrogens with one attached hydrogen (secondary N) is 1. The third-order valence-corrected chi connectivity index (χ3v) is 4.76. The zero-order valence-corrected chi connectivity index (χ0v) is 13.6. The van der Waals surface area contributed by atoms with Crippen molar-refractivity contribution in [3.8, 4) is 6.07 Å². The van der Waals surface area contributed by atoms with Crippen molar-refractivity contribution < 1.29 is 9.21 Å². The minimum atomic E-state index is -0.0452. The lowest BCUT2D eigenvalue weighted by molar-refractivity contribution is 0.153. The van der Waals surface area contributed by atoms with Gasteiger partial charge in [0.1, 0.15) is 5.76 Å². The summed E-state index contributed by atoms with van der Waals surface area (Å²) in [5.74, 6) is 0.830. The van der Waals surface area contributed by atoms with Gasteiger partial charge in [-0.25, -0.2) is 4.79 Å². The molecule has 0 unspecified atom stereocenters. The molecule has 124 valence electrons. The quantitative estimate of drug-likeness (QED) is 0.847. The molecular weight excluding hydrogens is 292 g/mol. The van der Waals surface area contributed by atoms with Crippen LogP contribution < -0.4 is 5.32 Å². The fraction of sp³-hybridized carbons (Fsp3) is 0.647. The number of nitriles is 1. The lowest BCUT2D eigenvalue weighted by atomic mass is 10.1. The lowest BCUT2D eigenvalue weighted by Crippen LogP contribution is -2.50. The van der Waals surface area contributed by atoms with Crippen LogP contribution in [0.3, 0.4) is 0 Å². The van der Waals surface area contributed by atoms with Crippen molar-refractivity contribution in [3.63, 3.8) is 0 Å². The van der Waals surface area contributed by atoms with Crippen LogP contribution >= 0.6 is 0 Å². The number of furan rings is 1. The van der Waals surface area contributed by atoms with E-state index in [0.29, 0.717) is 12.6 Å². The maximum absolute atomic E-state index is 12.7. The van der Waals surface area contributed by atoms with Gasteiger partial charge in [0.25, 0.3) is 0 Å². The molecule has 2 aliphatic rings. The van der Waals surface area contributed by atoms with Gasteiger partial charge in [-0.2, -0.15) is 5.26 Å². The van der Waals surface area contributed by atoms with Crippen LogP contribution in [0.4, 0.5) is 4.79 Å². The van der Waals surface area contributed by atoms with E-state index in [1.807, 2.05) is 24.0 Å². The third-order valence-electron chi connectivity index (χ3n) is 4.76. The summed E-state index contributed by atoms with van der Waals surface area (Å²) < 4.78 is 5.48. The summed E-state index contributed by atoms with van der Waals surface area (Å²) in [7, 11) is 0. The molecule has 0 bridgehead atoms. The van der Waals surface area contributed by atoms with Gasteiger partial charge in [-0.3, -0.25) is 4.90 Å². The number of urea groups is 1. The summed E-state index contributed by atoms with van der Waals surface area (Å²) >= 11 is 0. The molecule has 0 spiro atoms. The molecule has 1 saturated carbocycles. The van der Waals surface area contributed by atoms with Crippen molar-refractivity contribution in [2.75, 3.05) is 19.6 Å². The van der Waals surface area contributed by atoms with Crippen molar-refractivity contribution in [3.05, 3.63) is 24.2 Å². The number of hydrogen-bond acceptors (Lipinski definition) is 4. The number of carbonyl (C=O) groups is 1. The van der Waals surface area contributed by atoms with Crippen LogP contribution in [0.5, 0.6) is 0 Å². The number of nitrogens with zero attached hydrogens (tertiary/aromatic N) is 3. The van der Waals surface area contributed by atoms with Crippen LogP contribution in [0.1, 0.15) is 44.4 Å². The molecule has 2 amide bonds. The van der Waals surface area contributed by atoms with Crippen LogP contribution in [-0.4, -0.2) is 47.5 Å². The maximum atomic E-state index is 12.7. The maximum Gasteiger partial charge on any atom is 0.318 e. The van der Waals surface area contributed by atoms with E-state index in [9.17, 15) is 4.79 Å². The second-order valence-corrected chi connectivity index (χ2v) is 6.49. The van der Waals surface area contributed by atoms with Crippen molar-refractivity contribution >= 4 is 6.03 Å². The van der Waals surface area contributed by atoms with Crippen LogP contribution in [-0.2, 0) is 0 Å². The Balaban J connectivity index is 1.56. The molecule has 1 saturated heterocycles. The monoisotopic (exact) mass is 316 g/mol. The molecule has 6 nitrogen and oxygen atoms in total. The van der Waals surface area contributed by atoms with Crippen LogP contribution in [0.25, 0.3) is 0 Å². The van der Waals surface area contributed by atoms with Gasteiger partial charge in [0, 0.05) is 25.2 Å². The number of amides is 2. The standard InChI is InChI=1S/C17H24N4O2/c1-13(16-3-2-12-23-16)21(15-4-5-15)17(22)19-14-6-9-20(10-7-14)11-8-18/h2-3,12-15H,4-7,9-11H2,1H3,(H,19,22)/t13-/m1/s1. The van der Waals surface area contributed by atoms with Gasteiger partial charge in [-0.15, -0.1) is 0 Å². The van der Waals surface area contributed by atoms with Crippen molar-refractivity contribution in [2.24, 2.45) is 0 Å². The Morgan fingerprint density at radius 1 is 1.48 bits per heavy atom. The zero-order chi connectivity index (χ0) is 16.2. The highest BCUT2D eigenvalue weighted by atomic mass is 16.3. The molecule has 1 atom stereocenters. The van der Waals surface area contributed by atoms with E-state index < -0.39 is 0 Å². The molecule has 1 aliphatic heterocycles. The zero-order valence-electron chi connectivity index (χ0n) is 13.6. The summed E-state index contributed by atoms with van der Waals surface area (Å²) in [6.07, 6.45) is 5.60. The summed E-state index contributed by atoms with van der Waals surface area (Å²) in [4.78, 5) is 16.8. The molecule has 1 aromatic rings. The first-order valence-electron chi connectivity index (χ1n) is 8.40. The molecule has 2 fully saturated rings. The van der Waals surface area contributed by atoms with Crippen LogP contribution in [0.2, 0.25) is 0 Å². The van der Waals surface area contributed by atoms with Crippen molar-refractivity contribution in [2.45, 2.75) is 50.7 Å². The molecule has 23 heavy (non-hydrogen) atoms. The smallest absolute Gasteiger partial charge is 0.318 e. The van der Waals surface area contributed by atoms with E-state index in [4.69, 9.17) is 9.68 Å². The summed E-state index contributed by atoms with van der Waals surface area (Å²) in [6.45, 7) is 4.24. The fourth-order valence-corrected chi connectivity index (χ4v) is 3.26. The number of likely N-dealkylation sites (tertiary alicyclic amines) is 1. The predicted octanol–water partition coefficient (Wildman–Crippen LogP) is 2.50. The average Bonchev–Trinajstić information content (AvgIpc) is 3.21. The van der Waals surface area contributed by atoms with Gasteiger partial charge in [-0.05, 0) is 44.7 Å². The van der Waals surface area contributed by atoms with Crippen LogP contribution in [0, 0.1) is 11.3 Å². The largest absolute Gasteiger partial charge is 0.467 e. The molecule has 0 radical (unpaired) electrons. The first-order valence-corrected chi connectivity index (χ1v) is 8.40. The fourth-order valence-electron chi connectivity index (χ4n) is 3.26. The Bertz CT molecular complexity index is 554. The second kappa shape index (κ2) is 7.05. The van der Waals surface area contributed by atoms with Crippen molar-refractivity contribution in [1.29, 1.82) is 5.26 Å². The van der Waals surface area contributed by atoms with Gasteiger partial charge < -0.3 is 14.6 Å². The SMILES string of the molecule is C[C@H](c1ccco1)N(C(=O)NC1CCN(CC#N)CC1)C1CC1. The van der Waals surface area contributed by atoms with Gasteiger partial charge >= 0.3 is 6.03 Å². The summed E-state index contributed by atoms with van der Waals surface area (Å²) in [6, 6.07) is 6.46. The van der Waals surface area contributed by atoms with Crippen LogP contribution in [0.15, 0.2) is 22.8 Å². The van der Waals surface area contributed by atoms with E-state index in [-0.39, 0.29) is 18.1 Å². The first kappa shape index (κ1) is 15.9. The molecule has 2 heterocycles. The average molecular weight is 316 g/mol. The minimum Gasteiger partial charge on any atom is -0.467 e. The second-order valence-electron chi connectivity index (χ2n) is 6.49. The number of carbonyl (C=O) groups excluding carboxylic acids is 1. The highest BCUT2D eigenvalue weighted by Crippen LogP contribution is 2.34. The van der Waals surface area contributed by atoms with Crippen molar-refractivity contribution in [1.82, 2.24) is 15.1 Å². The summed E-state index contributed by atoms with van der Waals surface area (Å²) in [5.41, 5.74) is 0. The Hall–Kier alpha value is -2.00. The van der Waals surface area contributed by atoms with E-state index in [1.54, 1.807) is 6.26 Å². The summed E-state index contributed by atoms with van der Waals surface area (Å²) in [5, 5.41) is 11.9. The van der Waals surface area contributed by atoms with E-state index in [0.717, 1.165) is 44.5 Å². The molecular formula is C17H24N4O2. The first-order chi connectivity index (χ1) is 11.2. The Morgan fingerprint density at radius 2 is 2.22 bits per heavy atom. The van der Waals surface area contributed by atoms with E-state index in [1.165, 1.54) is 0 Å². The topological polar surface area (TPSA) is 72.5 Å². The lowest BCUT2D eigenvalue weighted by Gasteiger charge is -2.34. The Kier molecular flexibility index (Phi) is 4.87. The molecule has 3 rings (SSSR count). The molecule has 0 aromatic carbocycles. The molecule has 6 heteroatoms. The van der Waals surface area contributed by atoms with Gasteiger partial charge in [0.2, 0.25) is 0 Å². The number of rotatable bonds is 5. The predicted molar refractivity (Wildman–Crippen MR) is 85.6 cm³/mol. The third kappa shape index (κ3) is 3.85. The van der Waals surface area contributed by atoms with E-state index >= 15 is 0 Å². The normalized spacial score (nSPS) is 20.7. The molecule has 1 N–H and O–H groups in total. The van der Waals surface area contributed by atoms with E-state index in [2.05, 4.69) is 16.3 Å². The number of piperidine rings is 1. The molecule has 1 aliphatic carbocycles. The molecule has 1 aromatic heterocycles. The highest BCUT2D eigenvalue weighted by molar-refractivity contribution is 5.75. The van der Waals surface area contributed by atoms with Gasteiger partial charge in [-0.1, -0.05) is 0 Å². The van der Waals surface area contributed by atoms with Gasteiger partial charge in [0.15, 0.2) is 0 Å². The Morgan fingerprint density at radius 3 is 2.78 bits per heavy atom. The number of hydrogen-bond donors (Lipinski definition) is 1. The minimum absolute atomic E-state index is 0.00938. The Labute approximate surface area is 137 Å². The van der Waals surface area contributed by atoms with Gasteiger partial charge in [0.05, 0.1) is 24.9 Å².